The molecule has 0 saturated carbocycles. The minimum absolute atomic E-state index is 0.0449. The van der Waals surface area contributed by atoms with E-state index in [1.165, 1.54) is 12.0 Å². The van der Waals surface area contributed by atoms with Gasteiger partial charge in [-0.3, -0.25) is 0 Å². The van der Waals surface area contributed by atoms with Gasteiger partial charge in [0.15, 0.2) is 0 Å². The molecule has 11 heteroatoms. The standard InChI is InChI=1S/C22H24F2N4O4S/c1-13-4-5-19-18(8-13)26-21(20-16(23)9-15(10-17(20)24)33(3,25)30)28(19)12-14-11-27(6-7-32-14)22(29)31-2/h4-5,8-10,14,25H,6-7,11-12H2,1-3H3/t14-,33?/m1/s1. The molecule has 0 bridgehead atoms. The predicted octanol–water partition coefficient (Wildman–Crippen LogP) is 3.79. The van der Waals surface area contributed by atoms with Crippen LogP contribution in [0.4, 0.5) is 13.6 Å². The van der Waals surface area contributed by atoms with Crippen LogP contribution in [-0.4, -0.2) is 63.9 Å². The number of morpholine rings is 1. The Bertz CT molecular complexity index is 1320. The van der Waals surface area contributed by atoms with Gasteiger partial charge in [0.05, 0.1) is 64.1 Å². The second-order valence-electron chi connectivity index (χ2n) is 8.05. The molecule has 1 aromatic heterocycles. The number of carbonyl (C=O) groups is 1. The van der Waals surface area contributed by atoms with Crippen LogP contribution in [0.15, 0.2) is 35.2 Å². The van der Waals surface area contributed by atoms with Gasteiger partial charge in [-0.15, -0.1) is 0 Å². The van der Waals surface area contributed by atoms with Gasteiger partial charge in [-0.05, 0) is 36.8 Å². The molecule has 1 fully saturated rings. The summed E-state index contributed by atoms with van der Waals surface area (Å²) in [6.07, 6.45) is 0.177. The van der Waals surface area contributed by atoms with Crippen molar-refractivity contribution in [3.8, 4) is 11.4 Å². The van der Waals surface area contributed by atoms with Crippen LogP contribution in [0.25, 0.3) is 22.4 Å². The molecule has 3 aromatic rings. The highest BCUT2D eigenvalue weighted by atomic mass is 32.2. The number of fused-ring (bicyclic) bond motifs is 1. The van der Waals surface area contributed by atoms with E-state index in [4.69, 9.17) is 14.3 Å². The summed E-state index contributed by atoms with van der Waals surface area (Å²) < 4.78 is 62.1. The summed E-state index contributed by atoms with van der Waals surface area (Å²) in [5, 5.41) is 0. The van der Waals surface area contributed by atoms with Crippen molar-refractivity contribution >= 4 is 26.9 Å². The quantitative estimate of drug-likeness (QED) is 0.615. The van der Waals surface area contributed by atoms with Gasteiger partial charge in [-0.2, -0.15) is 0 Å². The average molecular weight is 479 g/mol. The van der Waals surface area contributed by atoms with Crippen LogP contribution in [0, 0.1) is 23.3 Å². The van der Waals surface area contributed by atoms with Gasteiger partial charge >= 0.3 is 6.09 Å². The molecule has 1 N–H and O–H groups in total. The van der Waals surface area contributed by atoms with Gasteiger partial charge in [0, 0.05) is 12.8 Å². The highest BCUT2D eigenvalue weighted by molar-refractivity contribution is 7.91. The SMILES string of the molecule is COC(=O)N1CCO[C@@H](Cn2c(-c3c(F)cc(S(C)(=N)=O)cc3F)nc3cc(C)ccc32)C1. The number of nitrogens with one attached hydrogen (secondary N) is 1. The van der Waals surface area contributed by atoms with Crippen molar-refractivity contribution in [1.29, 1.82) is 4.78 Å². The van der Waals surface area contributed by atoms with Crippen molar-refractivity contribution in [2.75, 3.05) is 33.1 Å². The van der Waals surface area contributed by atoms with Crippen LogP contribution in [0.3, 0.4) is 0 Å². The number of hydrogen-bond acceptors (Lipinski definition) is 6. The normalized spacial score (nSPS) is 18.3. The minimum Gasteiger partial charge on any atom is -0.453 e. The molecule has 2 atom stereocenters. The predicted molar refractivity (Wildman–Crippen MR) is 119 cm³/mol. The number of amides is 1. The second kappa shape index (κ2) is 8.71. The summed E-state index contributed by atoms with van der Waals surface area (Å²) in [6, 6.07) is 7.33. The lowest BCUT2D eigenvalue weighted by Gasteiger charge is -2.32. The van der Waals surface area contributed by atoms with Crippen molar-refractivity contribution < 1.29 is 27.3 Å². The van der Waals surface area contributed by atoms with E-state index in [2.05, 4.69) is 4.98 Å². The molecule has 0 aliphatic carbocycles. The maximum absolute atomic E-state index is 15.1. The molecule has 8 nitrogen and oxygen atoms in total. The molecular formula is C22H24F2N4O4S. The van der Waals surface area contributed by atoms with E-state index in [0.29, 0.717) is 24.2 Å². The number of carbonyl (C=O) groups excluding carboxylic acids is 1. The van der Waals surface area contributed by atoms with Gasteiger partial charge in [0.25, 0.3) is 0 Å². The van der Waals surface area contributed by atoms with E-state index in [9.17, 15) is 9.00 Å². The monoisotopic (exact) mass is 478 g/mol. The Kier molecular flexibility index (Phi) is 6.10. The summed E-state index contributed by atoms with van der Waals surface area (Å²) in [5.74, 6) is -1.87. The lowest BCUT2D eigenvalue weighted by atomic mass is 10.1. The molecule has 1 saturated heterocycles. The number of aromatic nitrogens is 2. The molecule has 1 unspecified atom stereocenters. The van der Waals surface area contributed by atoms with Crippen LogP contribution in [-0.2, 0) is 25.7 Å². The fourth-order valence-electron chi connectivity index (χ4n) is 3.93. The Morgan fingerprint density at radius 3 is 2.64 bits per heavy atom. The Balaban J connectivity index is 1.82. The summed E-state index contributed by atoms with van der Waals surface area (Å²) >= 11 is 0. The van der Waals surface area contributed by atoms with Gasteiger partial charge in [0.1, 0.15) is 17.5 Å². The molecule has 176 valence electrons. The fourth-order valence-corrected chi connectivity index (χ4v) is 4.59. The number of aryl methyl sites for hydroxylation is 1. The number of rotatable bonds is 4. The van der Waals surface area contributed by atoms with Crippen LogP contribution in [0.5, 0.6) is 0 Å². The Morgan fingerprint density at radius 2 is 2.00 bits per heavy atom. The third-order valence-corrected chi connectivity index (χ3v) is 6.69. The van der Waals surface area contributed by atoms with Crippen molar-refractivity contribution in [3.05, 3.63) is 47.5 Å². The number of hydrogen-bond donors (Lipinski definition) is 1. The second-order valence-corrected chi connectivity index (χ2v) is 10.2. The molecule has 2 heterocycles. The molecule has 1 amide bonds. The molecule has 4 rings (SSSR count). The first-order chi connectivity index (χ1) is 15.6. The zero-order chi connectivity index (χ0) is 23.9. The number of nitrogens with zero attached hydrogens (tertiary/aromatic N) is 3. The highest BCUT2D eigenvalue weighted by Gasteiger charge is 2.28. The molecule has 1 aliphatic heterocycles. The van der Waals surface area contributed by atoms with E-state index < -0.39 is 33.6 Å². The van der Waals surface area contributed by atoms with E-state index in [1.807, 2.05) is 25.1 Å². The van der Waals surface area contributed by atoms with Gasteiger partial charge < -0.3 is 18.9 Å². The van der Waals surface area contributed by atoms with Crippen LogP contribution < -0.4 is 0 Å². The molecule has 2 aromatic carbocycles. The largest absolute Gasteiger partial charge is 0.453 e. The molecule has 0 radical (unpaired) electrons. The lowest BCUT2D eigenvalue weighted by Crippen LogP contribution is -2.47. The third kappa shape index (κ3) is 4.55. The molecule has 1 aliphatic rings. The first-order valence-electron chi connectivity index (χ1n) is 10.2. The maximum Gasteiger partial charge on any atom is 0.409 e. The zero-order valence-electron chi connectivity index (χ0n) is 18.4. The van der Waals surface area contributed by atoms with E-state index in [1.54, 1.807) is 4.57 Å². The van der Waals surface area contributed by atoms with Crippen molar-refractivity contribution in [2.24, 2.45) is 0 Å². The zero-order valence-corrected chi connectivity index (χ0v) is 19.2. The lowest BCUT2D eigenvalue weighted by molar-refractivity contribution is -0.0310. The Morgan fingerprint density at radius 1 is 1.30 bits per heavy atom. The number of imidazole rings is 1. The number of halogens is 2. The van der Waals surface area contributed by atoms with E-state index >= 15 is 8.78 Å². The van der Waals surface area contributed by atoms with Crippen LogP contribution in [0.2, 0.25) is 0 Å². The van der Waals surface area contributed by atoms with Crippen LogP contribution in [0.1, 0.15) is 5.56 Å². The van der Waals surface area contributed by atoms with E-state index in [-0.39, 0.29) is 29.4 Å². The Hall–Kier alpha value is -3.05. The van der Waals surface area contributed by atoms with Gasteiger partial charge in [-0.1, -0.05) is 6.07 Å². The van der Waals surface area contributed by atoms with Gasteiger partial charge in [-0.25, -0.2) is 27.5 Å². The Labute approximate surface area is 190 Å². The maximum atomic E-state index is 15.1. The summed E-state index contributed by atoms with van der Waals surface area (Å²) in [5.41, 5.74) is 1.75. The minimum atomic E-state index is -3.30. The molecule has 0 spiro atoms. The molecular weight excluding hydrogens is 454 g/mol. The topological polar surface area (TPSA) is 97.5 Å². The average Bonchev–Trinajstić information content (AvgIpc) is 3.09. The number of methoxy groups -OCH3 is 1. The summed E-state index contributed by atoms with van der Waals surface area (Å²) in [6.45, 7) is 3.00. The fraction of sp³-hybridized carbons (Fsp3) is 0.364. The van der Waals surface area contributed by atoms with Crippen LogP contribution >= 0.6 is 0 Å². The van der Waals surface area contributed by atoms with Crippen molar-refractivity contribution in [2.45, 2.75) is 24.5 Å². The summed E-state index contributed by atoms with van der Waals surface area (Å²) in [4.78, 5) is 17.7. The van der Waals surface area contributed by atoms with Crippen molar-refractivity contribution in [3.63, 3.8) is 0 Å². The third-order valence-electron chi connectivity index (χ3n) is 5.55. The highest BCUT2D eigenvalue weighted by Crippen LogP contribution is 2.32. The molecule has 33 heavy (non-hydrogen) atoms. The first-order valence-corrected chi connectivity index (χ1v) is 12.2. The first kappa shape index (κ1) is 23.1. The smallest absolute Gasteiger partial charge is 0.409 e. The van der Waals surface area contributed by atoms with E-state index in [0.717, 1.165) is 24.0 Å². The number of ether oxygens (including phenoxy) is 2. The number of benzene rings is 2. The van der Waals surface area contributed by atoms with Gasteiger partial charge in [0.2, 0.25) is 0 Å². The van der Waals surface area contributed by atoms with Crippen molar-refractivity contribution in [1.82, 2.24) is 14.5 Å². The summed E-state index contributed by atoms with van der Waals surface area (Å²) in [7, 11) is -2.00.